The van der Waals surface area contributed by atoms with Crippen molar-refractivity contribution in [3.05, 3.63) is 59.7 Å². The lowest BCUT2D eigenvalue weighted by molar-refractivity contribution is 0.0730. The number of benzene rings is 2. The standard InChI is InChI=1S/C20H21N3O4S2/c1-15-5-7-16(8-6-15)14-28-20-22-21-19(27-20)17-3-2-4-18(13-17)29(24,25)23-9-11-26-12-10-23/h2-8,13H,9-12,14H2,1H3. The van der Waals surface area contributed by atoms with Gasteiger partial charge in [0.05, 0.1) is 18.1 Å². The topological polar surface area (TPSA) is 85.5 Å². The molecule has 0 unspecified atom stereocenters. The van der Waals surface area contributed by atoms with Gasteiger partial charge in [0.1, 0.15) is 0 Å². The lowest BCUT2D eigenvalue weighted by atomic mass is 10.2. The molecule has 152 valence electrons. The number of hydrogen-bond donors (Lipinski definition) is 0. The fourth-order valence-corrected chi connectivity index (χ4v) is 5.11. The molecule has 9 heteroatoms. The summed E-state index contributed by atoms with van der Waals surface area (Å²) in [6.45, 7) is 3.57. The average Bonchev–Trinajstić information content (AvgIpc) is 3.23. The first-order valence-corrected chi connectivity index (χ1v) is 11.7. The van der Waals surface area contributed by atoms with Gasteiger partial charge < -0.3 is 9.15 Å². The fourth-order valence-electron chi connectivity index (χ4n) is 2.94. The molecule has 0 aliphatic carbocycles. The molecule has 4 rings (SSSR count). The zero-order valence-electron chi connectivity index (χ0n) is 15.9. The summed E-state index contributed by atoms with van der Waals surface area (Å²) in [5.41, 5.74) is 2.96. The molecule has 0 amide bonds. The van der Waals surface area contributed by atoms with Crippen molar-refractivity contribution in [1.29, 1.82) is 0 Å². The molecule has 0 bridgehead atoms. The van der Waals surface area contributed by atoms with Crippen molar-refractivity contribution in [1.82, 2.24) is 14.5 Å². The Bertz CT molecular complexity index is 1080. The molecule has 0 spiro atoms. The molecule has 3 aromatic rings. The first-order valence-electron chi connectivity index (χ1n) is 9.22. The second-order valence-corrected chi connectivity index (χ2v) is 9.56. The Morgan fingerprint density at radius 3 is 2.59 bits per heavy atom. The van der Waals surface area contributed by atoms with Gasteiger partial charge in [-0.1, -0.05) is 47.7 Å². The molecule has 0 atom stereocenters. The molecule has 2 aromatic carbocycles. The molecule has 1 aliphatic rings. The van der Waals surface area contributed by atoms with Crippen molar-refractivity contribution in [3.8, 4) is 11.5 Å². The number of thioether (sulfide) groups is 1. The van der Waals surface area contributed by atoms with Crippen LogP contribution in [0.25, 0.3) is 11.5 Å². The Morgan fingerprint density at radius 1 is 1.07 bits per heavy atom. The summed E-state index contributed by atoms with van der Waals surface area (Å²) < 4.78 is 38.1. The monoisotopic (exact) mass is 431 g/mol. The second kappa shape index (κ2) is 8.66. The van der Waals surface area contributed by atoms with Crippen LogP contribution in [-0.4, -0.2) is 49.2 Å². The molecule has 0 saturated carbocycles. The predicted molar refractivity (Wildman–Crippen MR) is 110 cm³/mol. The molecule has 29 heavy (non-hydrogen) atoms. The van der Waals surface area contributed by atoms with Crippen LogP contribution < -0.4 is 0 Å². The number of rotatable bonds is 6. The van der Waals surface area contributed by atoms with Crippen LogP contribution in [0.5, 0.6) is 0 Å². The van der Waals surface area contributed by atoms with E-state index in [0.717, 1.165) is 0 Å². The van der Waals surface area contributed by atoms with E-state index in [1.165, 1.54) is 27.2 Å². The summed E-state index contributed by atoms with van der Waals surface area (Å²) in [7, 11) is -3.58. The van der Waals surface area contributed by atoms with Gasteiger partial charge >= 0.3 is 0 Å². The van der Waals surface area contributed by atoms with E-state index in [4.69, 9.17) is 9.15 Å². The minimum Gasteiger partial charge on any atom is -0.411 e. The molecule has 1 fully saturated rings. The van der Waals surface area contributed by atoms with E-state index in [9.17, 15) is 8.42 Å². The number of aromatic nitrogens is 2. The third-order valence-corrected chi connectivity index (χ3v) is 7.36. The van der Waals surface area contributed by atoms with Crippen LogP contribution in [0, 0.1) is 6.92 Å². The molecular weight excluding hydrogens is 410 g/mol. The molecule has 7 nitrogen and oxygen atoms in total. The molecule has 1 saturated heterocycles. The third kappa shape index (κ3) is 4.69. The lowest BCUT2D eigenvalue weighted by Crippen LogP contribution is -2.40. The van der Waals surface area contributed by atoms with Gasteiger partial charge in [0.2, 0.25) is 15.9 Å². The van der Waals surface area contributed by atoms with E-state index >= 15 is 0 Å². The molecule has 1 aliphatic heterocycles. The van der Waals surface area contributed by atoms with E-state index < -0.39 is 10.0 Å². The van der Waals surface area contributed by atoms with E-state index in [2.05, 4.69) is 41.4 Å². The highest BCUT2D eigenvalue weighted by atomic mass is 32.2. The van der Waals surface area contributed by atoms with Crippen LogP contribution in [0.1, 0.15) is 11.1 Å². The molecule has 1 aromatic heterocycles. The zero-order chi connectivity index (χ0) is 20.3. The summed E-state index contributed by atoms with van der Waals surface area (Å²) in [6, 6.07) is 14.9. The van der Waals surface area contributed by atoms with E-state index in [1.54, 1.807) is 24.3 Å². The predicted octanol–water partition coefficient (Wildman–Crippen LogP) is 3.36. The van der Waals surface area contributed by atoms with Crippen LogP contribution in [0.15, 0.2) is 63.1 Å². The van der Waals surface area contributed by atoms with E-state index in [-0.39, 0.29) is 4.90 Å². The minimum absolute atomic E-state index is 0.212. The van der Waals surface area contributed by atoms with Crippen molar-refractivity contribution >= 4 is 21.8 Å². The SMILES string of the molecule is Cc1ccc(CSc2nnc(-c3cccc(S(=O)(=O)N4CCOCC4)c3)o2)cc1. The molecule has 0 radical (unpaired) electrons. The maximum atomic E-state index is 12.9. The van der Waals surface area contributed by atoms with Crippen LogP contribution >= 0.6 is 11.8 Å². The maximum absolute atomic E-state index is 12.9. The van der Waals surface area contributed by atoms with E-state index in [0.29, 0.717) is 48.7 Å². The number of morpholine rings is 1. The highest BCUT2D eigenvalue weighted by Gasteiger charge is 2.26. The summed E-state index contributed by atoms with van der Waals surface area (Å²) >= 11 is 1.45. The van der Waals surface area contributed by atoms with Gasteiger partial charge in [-0.15, -0.1) is 10.2 Å². The van der Waals surface area contributed by atoms with Gasteiger partial charge in [0.25, 0.3) is 5.22 Å². The van der Waals surface area contributed by atoms with Crippen molar-refractivity contribution in [2.24, 2.45) is 0 Å². The first kappa shape index (κ1) is 20.1. The van der Waals surface area contributed by atoms with E-state index in [1.807, 2.05) is 0 Å². The van der Waals surface area contributed by atoms with Crippen LogP contribution in [0.4, 0.5) is 0 Å². The van der Waals surface area contributed by atoms with Gasteiger partial charge in [-0.25, -0.2) is 8.42 Å². The van der Waals surface area contributed by atoms with Gasteiger partial charge in [0, 0.05) is 24.4 Å². The van der Waals surface area contributed by atoms with Crippen molar-refractivity contribution in [2.75, 3.05) is 26.3 Å². The van der Waals surface area contributed by atoms with Crippen LogP contribution in [-0.2, 0) is 20.5 Å². The number of aryl methyl sites for hydroxylation is 1. The summed E-state index contributed by atoms with van der Waals surface area (Å²) in [5, 5.41) is 8.61. The second-order valence-electron chi connectivity index (χ2n) is 6.69. The van der Waals surface area contributed by atoms with Gasteiger partial charge in [-0.05, 0) is 30.7 Å². The Balaban J connectivity index is 1.49. The third-order valence-electron chi connectivity index (χ3n) is 4.58. The molecular formula is C20H21N3O4S2. The normalized spacial score (nSPS) is 15.5. The van der Waals surface area contributed by atoms with Gasteiger partial charge in [-0.3, -0.25) is 0 Å². The zero-order valence-corrected chi connectivity index (χ0v) is 17.6. The minimum atomic E-state index is -3.58. The molecule has 2 heterocycles. The Labute approximate surface area is 174 Å². The highest BCUT2D eigenvalue weighted by Crippen LogP contribution is 2.28. The number of sulfonamides is 1. The van der Waals surface area contributed by atoms with Gasteiger partial charge in [0.15, 0.2) is 0 Å². The Hall–Kier alpha value is -2.20. The fraction of sp³-hybridized carbons (Fsp3) is 0.300. The quantitative estimate of drug-likeness (QED) is 0.553. The first-order chi connectivity index (χ1) is 14.0. The maximum Gasteiger partial charge on any atom is 0.277 e. The summed E-state index contributed by atoms with van der Waals surface area (Å²) in [5.74, 6) is 1.02. The Kier molecular flexibility index (Phi) is 6.00. The lowest BCUT2D eigenvalue weighted by Gasteiger charge is -2.26. The summed E-state index contributed by atoms with van der Waals surface area (Å²) in [6.07, 6.45) is 0. The Morgan fingerprint density at radius 2 is 1.83 bits per heavy atom. The van der Waals surface area contributed by atoms with Crippen molar-refractivity contribution < 1.29 is 17.6 Å². The number of ether oxygens (including phenoxy) is 1. The molecule has 0 N–H and O–H groups in total. The largest absolute Gasteiger partial charge is 0.411 e. The van der Waals surface area contributed by atoms with Crippen LogP contribution in [0.3, 0.4) is 0 Å². The average molecular weight is 432 g/mol. The van der Waals surface area contributed by atoms with Crippen molar-refractivity contribution in [3.63, 3.8) is 0 Å². The van der Waals surface area contributed by atoms with Gasteiger partial charge in [-0.2, -0.15) is 4.31 Å². The highest BCUT2D eigenvalue weighted by molar-refractivity contribution is 7.98. The van der Waals surface area contributed by atoms with Crippen LogP contribution in [0.2, 0.25) is 0 Å². The number of nitrogens with zero attached hydrogens (tertiary/aromatic N) is 3. The van der Waals surface area contributed by atoms with Crippen molar-refractivity contribution in [2.45, 2.75) is 22.8 Å². The summed E-state index contributed by atoms with van der Waals surface area (Å²) in [4.78, 5) is 0.212. The number of hydrogen-bond acceptors (Lipinski definition) is 7. The smallest absolute Gasteiger partial charge is 0.277 e.